The lowest BCUT2D eigenvalue weighted by Crippen LogP contribution is -2.24. The summed E-state index contributed by atoms with van der Waals surface area (Å²) in [5.41, 5.74) is 3.51. The molecule has 2 heterocycles. The molecule has 4 nitrogen and oxygen atoms in total. The molecule has 0 fully saturated rings. The van der Waals surface area contributed by atoms with Gasteiger partial charge in [-0.1, -0.05) is 12.1 Å². The summed E-state index contributed by atoms with van der Waals surface area (Å²) in [4.78, 5) is 8.10. The van der Waals surface area contributed by atoms with E-state index in [1.54, 1.807) is 12.5 Å². The molecule has 104 valence electrons. The summed E-state index contributed by atoms with van der Waals surface area (Å²) in [6, 6.07) is 8.35. The van der Waals surface area contributed by atoms with Gasteiger partial charge in [-0.25, -0.2) is 9.97 Å². The van der Waals surface area contributed by atoms with Gasteiger partial charge in [-0.15, -0.1) is 0 Å². The zero-order valence-corrected chi connectivity index (χ0v) is 11.9. The van der Waals surface area contributed by atoms with Gasteiger partial charge in [0.25, 0.3) is 0 Å². The first-order valence-electron chi connectivity index (χ1n) is 6.89. The molecule has 0 saturated carbocycles. The standard InChI is InChI=1S/C16H19N3O/c1-16(2)8-13-7-12(3-4-15(13)20-16)9-18-10-14-5-6-17-11-19-14/h3-7,11,18H,8-10H2,1-2H3. The summed E-state index contributed by atoms with van der Waals surface area (Å²) >= 11 is 0. The lowest BCUT2D eigenvalue weighted by atomic mass is 10.0. The SMILES string of the molecule is CC1(C)Cc2cc(CNCc3ccncn3)ccc2O1. The number of benzene rings is 1. The quantitative estimate of drug-likeness (QED) is 0.926. The van der Waals surface area contributed by atoms with E-state index in [1.807, 2.05) is 6.07 Å². The second kappa shape index (κ2) is 5.21. The van der Waals surface area contributed by atoms with Crippen LogP contribution >= 0.6 is 0 Å². The normalized spacial score (nSPS) is 15.7. The van der Waals surface area contributed by atoms with Crippen LogP contribution in [-0.4, -0.2) is 15.6 Å². The van der Waals surface area contributed by atoms with Gasteiger partial charge in [-0.3, -0.25) is 0 Å². The van der Waals surface area contributed by atoms with Crippen LogP contribution in [-0.2, 0) is 19.5 Å². The number of fused-ring (bicyclic) bond motifs is 1. The molecule has 1 N–H and O–H groups in total. The maximum Gasteiger partial charge on any atom is 0.123 e. The van der Waals surface area contributed by atoms with Gasteiger partial charge in [0.2, 0.25) is 0 Å². The summed E-state index contributed by atoms with van der Waals surface area (Å²) < 4.78 is 5.89. The van der Waals surface area contributed by atoms with Gasteiger partial charge in [-0.05, 0) is 37.1 Å². The number of hydrogen-bond donors (Lipinski definition) is 1. The monoisotopic (exact) mass is 269 g/mol. The van der Waals surface area contributed by atoms with E-state index >= 15 is 0 Å². The van der Waals surface area contributed by atoms with Gasteiger partial charge >= 0.3 is 0 Å². The Morgan fingerprint density at radius 2 is 2.15 bits per heavy atom. The largest absolute Gasteiger partial charge is 0.487 e. The Morgan fingerprint density at radius 1 is 1.25 bits per heavy atom. The molecule has 1 aromatic heterocycles. The van der Waals surface area contributed by atoms with E-state index in [0.717, 1.165) is 31.0 Å². The van der Waals surface area contributed by atoms with E-state index in [2.05, 4.69) is 47.3 Å². The van der Waals surface area contributed by atoms with Gasteiger partial charge in [0, 0.05) is 25.7 Å². The van der Waals surface area contributed by atoms with Crippen LogP contribution in [0.2, 0.25) is 0 Å². The van der Waals surface area contributed by atoms with E-state index in [9.17, 15) is 0 Å². The zero-order valence-electron chi connectivity index (χ0n) is 11.9. The third kappa shape index (κ3) is 2.96. The van der Waals surface area contributed by atoms with Crippen molar-refractivity contribution in [2.24, 2.45) is 0 Å². The fourth-order valence-corrected chi connectivity index (χ4v) is 2.53. The molecular formula is C16H19N3O. The molecule has 0 aliphatic carbocycles. The molecule has 2 aromatic rings. The van der Waals surface area contributed by atoms with E-state index in [4.69, 9.17) is 4.74 Å². The van der Waals surface area contributed by atoms with E-state index < -0.39 is 0 Å². The second-order valence-electron chi connectivity index (χ2n) is 5.78. The average Bonchev–Trinajstić information content (AvgIpc) is 2.73. The number of aromatic nitrogens is 2. The average molecular weight is 269 g/mol. The highest BCUT2D eigenvalue weighted by atomic mass is 16.5. The first-order valence-corrected chi connectivity index (χ1v) is 6.89. The van der Waals surface area contributed by atoms with Gasteiger partial charge in [0.15, 0.2) is 0 Å². The molecule has 1 aliphatic heterocycles. The molecule has 20 heavy (non-hydrogen) atoms. The Morgan fingerprint density at radius 3 is 2.95 bits per heavy atom. The highest BCUT2D eigenvalue weighted by Gasteiger charge is 2.29. The van der Waals surface area contributed by atoms with Crippen LogP contribution in [0.25, 0.3) is 0 Å². The van der Waals surface area contributed by atoms with Crippen molar-refractivity contribution in [1.82, 2.24) is 15.3 Å². The van der Waals surface area contributed by atoms with Gasteiger partial charge in [0.05, 0.1) is 5.69 Å². The van der Waals surface area contributed by atoms with Crippen molar-refractivity contribution in [2.45, 2.75) is 39.0 Å². The van der Waals surface area contributed by atoms with Crippen LogP contribution in [0.15, 0.2) is 36.8 Å². The molecule has 0 amide bonds. The molecular weight excluding hydrogens is 250 g/mol. The molecule has 1 aliphatic rings. The number of nitrogens with zero attached hydrogens (tertiary/aromatic N) is 2. The predicted octanol–water partition coefficient (Wildman–Crippen LogP) is 2.48. The molecule has 0 saturated heterocycles. The van der Waals surface area contributed by atoms with Crippen LogP contribution in [0.1, 0.15) is 30.7 Å². The van der Waals surface area contributed by atoms with Crippen LogP contribution in [0.3, 0.4) is 0 Å². The maximum absolute atomic E-state index is 5.89. The zero-order chi connectivity index (χ0) is 14.0. The summed E-state index contributed by atoms with van der Waals surface area (Å²) in [6.45, 7) is 5.83. The first-order chi connectivity index (χ1) is 9.62. The minimum absolute atomic E-state index is 0.0741. The maximum atomic E-state index is 5.89. The lowest BCUT2D eigenvalue weighted by molar-refractivity contribution is 0.138. The minimum Gasteiger partial charge on any atom is -0.487 e. The molecule has 3 rings (SSSR count). The topological polar surface area (TPSA) is 47.0 Å². The van der Waals surface area contributed by atoms with Crippen molar-refractivity contribution < 1.29 is 4.74 Å². The fourth-order valence-electron chi connectivity index (χ4n) is 2.53. The van der Waals surface area contributed by atoms with Crippen LogP contribution in [0.4, 0.5) is 0 Å². The number of hydrogen-bond acceptors (Lipinski definition) is 4. The van der Waals surface area contributed by atoms with Crippen molar-refractivity contribution in [1.29, 1.82) is 0 Å². The lowest BCUT2D eigenvalue weighted by Gasteiger charge is -2.16. The van der Waals surface area contributed by atoms with E-state index in [0.29, 0.717) is 0 Å². The van der Waals surface area contributed by atoms with E-state index in [-0.39, 0.29) is 5.60 Å². The molecule has 0 atom stereocenters. The van der Waals surface area contributed by atoms with Gasteiger partial charge in [-0.2, -0.15) is 0 Å². The first kappa shape index (κ1) is 13.1. The Kier molecular flexibility index (Phi) is 3.40. The Hall–Kier alpha value is -1.94. The fraction of sp³-hybridized carbons (Fsp3) is 0.375. The van der Waals surface area contributed by atoms with Crippen molar-refractivity contribution in [3.63, 3.8) is 0 Å². The van der Waals surface area contributed by atoms with Gasteiger partial charge in [0.1, 0.15) is 17.7 Å². The Labute approximate surface area is 119 Å². The Balaban J connectivity index is 1.60. The third-order valence-electron chi connectivity index (χ3n) is 3.41. The van der Waals surface area contributed by atoms with E-state index in [1.165, 1.54) is 11.1 Å². The molecule has 0 bridgehead atoms. The summed E-state index contributed by atoms with van der Waals surface area (Å²) in [7, 11) is 0. The minimum atomic E-state index is -0.0741. The number of rotatable bonds is 4. The molecule has 0 radical (unpaired) electrons. The van der Waals surface area contributed by atoms with Crippen LogP contribution in [0, 0.1) is 0 Å². The third-order valence-corrected chi connectivity index (χ3v) is 3.41. The summed E-state index contributed by atoms with van der Waals surface area (Å²) in [6.07, 6.45) is 4.31. The number of ether oxygens (including phenoxy) is 1. The summed E-state index contributed by atoms with van der Waals surface area (Å²) in [5.74, 6) is 1.02. The molecule has 4 heteroatoms. The van der Waals surface area contributed by atoms with Crippen molar-refractivity contribution in [3.8, 4) is 5.75 Å². The highest BCUT2D eigenvalue weighted by molar-refractivity contribution is 5.41. The number of nitrogens with one attached hydrogen (secondary N) is 1. The smallest absolute Gasteiger partial charge is 0.123 e. The molecule has 0 unspecified atom stereocenters. The molecule has 1 aromatic carbocycles. The van der Waals surface area contributed by atoms with Gasteiger partial charge < -0.3 is 10.1 Å². The summed E-state index contributed by atoms with van der Waals surface area (Å²) in [5, 5.41) is 3.40. The Bertz CT molecular complexity index is 596. The highest BCUT2D eigenvalue weighted by Crippen LogP contribution is 2.35. The predicted molar refractivity (Wildman–Crippen MR) is 77.4 cm³/mol. The van der Waals surface area contributed by atoms with Crippen molar-refractivity contribution >= 4 is 0 Å². The van der Waals surface area contributed by atoms with Crippen molar-refractivity contribution in [3.05, 3.63) is 53.6 Å². The van der Waals surface area contributed by atoms with Crippen LogP contribution < -0.4 is 10.1 Å². The second-order valence-corrected chi connectivity index (χ2v) is 5.78. The van der Waals surface area contributed by atoms with Crippen LogP contribution in [0.5, 0.6) is 5.75 Å². The molecule has 0 spiro atoms. The van der Waals surface area contributed by atoms with Crippen molar-refractivity contribution in [2.75, 3.05) is 0 Å².